The second-order valence-corrected chi connectivity index (χ2v) is 0. The quantitative estimate of drug-likeness (QED) is 0.418. The summed E-state index contributed by atoms with van der Waals surface area (Å²) in [5, 5.41) is 0. The molecule has 0 aliphatic rings. The zero-order valence-corrected chi connectivity index (χ0v) is 5.46. The van der Waals surface area contributed by atoms with Crippen LogP contribution >= 0.6 is 0 Å². The molecule has 0 saturated carbocycles. The number of hydrogen-bond acceptors (Lipinski definition) is 0. The van der Waals surface area contributed by atoms with E-state index >= 15 is 0 Å². The van der Waals surface area contributed by atoms with E-state index < -0.39 is 0 Å². The third-order valence-electron chi connectivity index (χ3n) is 0. The summed E-state index contributed by atoms with van der Waals surface area (Å²) < 4.78 is 0. The number of rotatable bonds is 0. The SMILES string of the molecule is [Ag].[AlH3].[MgH2].[Zn]. The van der Waals surface area contributed by atoms with Crippen LogP contribution in [0.3, 0.4) is 0 Å². The van der Waals surface area contributed by atoms with Crippen molar-refractivity contribution in [3.63, 3.8) is 0 Å². The normalized spacial score (nSPS) is 0. The molecule has 0 amide bonds. The van der Waals surface area contributed by atoms with Crippen LogP contribution in [0.5, 0.6) is 0 Å². The van der Waals surface area contributed by atoms with Crippen LogP contribution in [0.1, 0.15) is 0 Å². The molecule has 4 heteroatoms. The van der Waals surface area contributed by atoms with Gasteiger partial charge in [-0.25, -0.2) is 0 Å². The average molecular weight is 230 g/mol. The maximum Gasteiger partial charge on any atom is 0.316 e. The third-order valence-corrected chi connectivity index (χ3v) is 0. The fourth-order valence-electron chi connectivity index (χ4n) is 0. The summed E-state index contributed by atoms with van der Waals surface area (Å²) in [6.07, 6.45) is 0. The Labute approximate surface area is 81.0 Å². The Hall–Kier alpha value is 2.66. The van der Waals surface area contributed by atoms with E-state index in [1.54, 1.807) is 0 Å². The van der Waals surface area contributed by atoms with Crippen LogP contribution in [0.25, 0.3) is 0 Å². The average Bonchev–Trinajstić information content (AvgIpc) is 0. The topological polar surface area (TPSA) is 0 Å². The van der Waals surface area contributed by atoms with Gasteiger partial charge in [0.2, 0.25) is 0 Å². The molecule has 0 spiro atoms. The van der Waals surface area contributed by atoms with E-state index in [-0.39, 0.29) is 82.3 Å². The van der Waals surface area contributed by atoms with Gasteiger partial charge < -0.3 is 0 Å². The van der Waals surface area contributed by atoms with Crippen molar-refractivity contribution in [1.29, 1.82) is 0 Å². The Kier molecular flexibility index (Phi) is 131. The molecule has 4 heavy (non-hydrogen) atoms. The van der Waals surface area contributed by atoms with Gasteiger partial charge in [0.1, 0.15) is 0 Å². The van der Waals surface area contributed by atoms with Crippen molar-refractivity contribution in [1.82, 2.24) is 0 Å². The van der Waals surface area contributed by atoms with Crippen molar-refractivity contribution in [2.24, 2.45) is 0 Å². The van der Waals surface area contributed by atoms with Gasteiger partial charge in [-0.2, -0.15) is 0 Å². The van der Waals surface area contributed by atoms with Crippen molar-refractivity contribution in [3.05, 3.63) is 0 Å². The molecule has 0 aliphatic heterocycles. The van der Waals surface area contributed by atoms with Crippen LogP contribution in [0.2, 0.25) is 0 Å². The first-order valence-electron chi connectivity index (χ1n) is 0. The van der Waals surface area contributed by atoms with E-state index in [4.69, 9.17) is 0 Å². The molecular weight excluding hydrogens is 225 g/mol. The molecule has 0 saturated heterocycles. The number of hydrogen-bond donors (Lipinski definition) is 0. The van der Waals surface area contributed by atoms with Crippen LogP contribution in [0.15, 0.2) is 0 Å². The summed E-state index contributed by atoms with van der Waals surface area (Å²) in [5.74, 6) is 0. The molecule has 1 radical (unpaired) electrons. The van der Waals surface area contributed by atoms with E-state index in [0.717, 1.165) is 0 Å². The van der Waals surface area contributed by atoms with Crippen molar-refractivity contribution < 1.29 is 41.9 Å². The van der Waals surface area contributed by atoms with Crippen LogP contribution in [0, 0.1) is 0 Å². The Morgan fingerprint density at radius 3 is 1.00 bits per heavy atom. The van der Waals surface area contributed by atoms with Crippen LogP contribution in [0.4, 0.5) is 0 Å². The first-order valence-corrected chi connectivity index (χ1v) is 0. The molecule has 0 N–H and O–H groups in total. The first-order chi connectivity index (χ1) is 0. The second-order valence-electron chi connectivity index (χ2n) is 0. The summed E-state index contributed by atoms with van der Waals surface area (Å²) in [7, 11) is 0. The van der Waals surface area contributed by atoms with E-state index in [9.17, 15) is 0 Å². The maximum absolute atomic E-state index is 0. The molecule has 0 aliphatic carbocycles. The predicted molar refractivity (Wildman–Crippen MR) is 18.5 cm³/mol. The first kappa shape index (κ1) is 30.1. The molecular formula is H5AgAlMgZn. The summed E-state index contributed by atoms with van der Waals surface area (Å²) in [4.78, 5) is 0. The molecule has 0 nitrogen and oxygen atoms in total. The van der Waals surface area contributed by atoms with Gasteiger partial charge in [-0.1, -0.05) is 0 Å². The van der Waals surface area contributed by atoms with Gasteiger partial charge in [0.05, 0.1) is 0 Å². The van der Waals surface area contributed by atoms with Crippen molar-refractivity contribution in [2.75, 3.05) is 0 Å². The standard InChI is InChI=1S/Ag.Al.Mg.Zn.5H. The Morgan fingerprint density at radius 2 is 1.00 bits per heavy atom. The zero-order chi connectivity index (χ0) is 0. The Balaban J connectivity index is 0. The second kappa shape index (κ2) is 17.4. The fraction of sp³-hybridized carbons (Fsp3) is 0. The monoisotopic (exact) mass is 227 g/mol. The molecule has 0 atom stereocenters. The maximum atomic E-state index is 0. The van der Waals surface area contributed by atoms with Crippen molar-refractivity contribution >= 4 is 40.4 Å². The van der Waals surface area contributed by atoms with Gasteiger partial charge in [0, 0.05) is 41.9 Å². The zero-order valence-electron chi connectivity index (χ0n) is 1.01. The summed E-state index contributed by atoms with van der Waals surface area (Å²) in [6.45, 7) is 0. The molecule has 0 aromatic rings. The van der Waals surface area contributed by atoms with Crippen LogP contribution < -0.4 is 0 Å². The van der Waals surface area contributed by atoms with Gasteiger partial charge in [-0.3, -0.25) is 0 Å². The van der Waals surface area contributed by atoms with Gasteiger partial charge in [-0.15, -0.1) is 0 Å². The van der Waals surface area contributed by atoms with Gasteiger partial charge >= 0.3 is 23.1 Å². The van der Waals surface area contributed by atoms with Crippen molar-refractivity contribution in [2.45, 2.75) is 0 Å². The molecule has 0 heterocycles. The Bertz CT molecular complexity index is 8.00. The van der Waals surface area contributed by atoms with Gasteiger partial charge in [-0.05, 0) is 0 Å². The summed E-state index contributed by atoms with van der Waals surface area (Å²) in [6, 6.07) is 0. The molecule has 0 rings (SSSR count). The van der Waals surface area contributed by atoms with E-state index in [0.29, 0.717) is 0 Å². The molecule has 0 aromatic heterocycles. The van der Waals surface area contributed by atoms with Gasteiger partial charge in [0.15, 0.2) is 17.4 Å². The van der Waals surface area contributed by atoms with Crippen LogP contribution in [-0.4, -0.2) is 40.4 Å². The summed E-state index contributed by atoms with van der Waals surface area (Å²) in [5.41, 5.74) is 0. The fourth-order valence-corrected chi connectivity index (χ4v) is 0. The van der Waals surface area contributed by atoms with Gasteiger partial charge in [0.25, 0.3) is 0 Å². The third kappa shape index (κ3) is 8.82. The van der Waals surface area contributed by atoms with E-state index in [2.05, 4.69) is 0 Å². The minimum absolute atomic E-state index is 0. The van der Waals surface area contributed by atoms with Crippen LogP contribution in [-0.2, 0) is 41.9 Å². The predicted octanol–water partition coefficient (Wildman–Crippen LogP) is -2.11. The molecule has 0 bridgehead atoms. The minimum Gasteiger partial charge on any atom is 0 e. The van der Waals surface area contributed by atoms with Crippen molar-refractivity contribution in [3.8, 4) is 0 Å². The molecule has 0 aromatic carbocycles. The van der Waals surface area contributed by atoms with E-state index in [1.807, 2.05) is 0 Å². The Morgan fingerprint density at radius 1 is 1.00 bits per heavy atom. The molecule has 0 unspecified atom stereocenters. The molecule has 0 fully saturated rings. The minimum atomic E-state index is 0. The van der Waals surface area contributed by atoms with E-state index in [1.165, 1.54) is 0 Å². The molecule has 23 valence electrons. The summed E-state index contributed by atoms with van der Waals surface area (Å²) >= 11 is 0. The largest absolute Gasteiger partial charge is 0.316 e. The smallest absolute Gasteiger partial charge is 0 e.